The summed E-state index contributed by atoms with van der Waals surface area (Å²) in [5, 5.41) is 7.06. The molecular formula is C5H9N5OS. The molecule has 0 fully saturated rings. The Morgan fingerprint density at radius 3 is 2.92 bits per heavy atom. The Morgan fingerprint density at radius 2 is 2.42 bits per heavy atom. The Bertz CT molecular complexity index is 334. The maximum Gasteiger partial charge on any atom is 0.255 e. The second-order valence-electron chi connectivity index (χ2n) is 2.03. The first-order valence-electron chi connectivity index (χ1n) is 3.32. The minimum absolute atomic E-state index is 0.124. The number of rotatable bonds is 3. The maximum atomic E-state index is 11.2. The molecule has 0 aromatic carbocycles. The van der Waals surface area contributed by atoms with Crippen LogP contribution < -0.4 is 4.72 Å². The molecule has 0 spiro atoms. The van der Waals surface area contributed by atoms with Crippen molar-refractivity contribution in [1.29, 1.82) is 4.78 Å². The van der Waals surface area contributed by atoms with Gasteiger partial charge in [0, 0.05) is 5.75 Å². The highest BCUT2D eigenvalue weighted by molar-refractivity contribution is 7.93. The zero-order valence-corrected chi connectivity index (χ0v) is 7.34. The fourth-order valence-electron chi connectivity index (χ4n) is 0.514. The van der Waals surface area contributed by atoms with Crippen molar-refractivity contribution in [2.45, 2.75) is 6.92 Å². The minimum atomic E-state index is -2.79. The standard InChI is InChI=1S/C5H9N5OS/c1-2-12(6,11)10-5-7-3-4-8-9-5/h3-4H,2H2,1H3,(H2,6,7,9,10,11). The summed E-state index contributed by atoms with van der Waals surface area (Å²) in [7, 11) is -2.79. The maximum absolute atomic E-state index is 11.2. The van der Waals surface area contributed by atoms with E-state index >= 15 is 0 Å². The van der Waals surface area contributed by atoms with Crippen LogP contribution in [0.2, 0.25) is 0 Å². The van der Waals surface area contributed by atoms with E-state index in [0.717, 1.165) is 0 Å². The lowest BCUT2D eigenvalue weighted by molar-refractivity contribution is 0.678. The van der Waals surface area contributed by atoms with Gasteiger partial charge >= 0.3 is 0 Å². The summed E-state index contributed by atoms with van der Waals surface area (Å²) >= 11 is 0. The quantitative estimate of drug-likeness (QED) is 0.710. The van der Waals surface area contributed by atoms with Crippen LogP contribution in [0.4, 0.5) is 5.95 Å². The molecule has 0 aliphatic rings. The van der Waals surface area contributed by atoms with Crippen LogP contribution in [0.3, 0.4) is 0 Å². The lowest BCUT2D eigenvalue weighted by atomic mass is 10.9. The third-order valence-corrected chi connectivity index (χ3v) is 2.47. The van der Waals surface area contributed by atoms with Crippen LogP contribution in [-0.2, 0) is 9.92 Å². The van der Waals surface area contributed by atoms with E-state index in [2.05, 4.69) is 19.9 Å². The highest BCUT2D eigenvalue weighted by Crippen LogP contribution is 1.97. The Kier molecular flexibility index (Phi) is 2.54. The van der Waals surface area contributed by atoms with Crippen molar-refractivity contribution in [1.82, 2.24) is 15.2 Å². The molecule has 0 saturated carbocycles. The lowest BCUT2D eigenvalue weighted by Crippen LogP contribution is -2.15. The van der Waals surface area contributed by atoms with Crippen LogP contribution in [0.15, 0.2) is 12.4 Å². The van der Waals surface area contributed by atoms with Crippen LogP contribution in [-0.4, -0.2) is 25.1 Å². The van der Waals surface area contributed by atoms with Crippen LogP contribution in [0, 0.1) is 4.78 Å². The molecule has 6 nitrogen and oxygen atoms in total. The smallest absolute Gasteiger partial charge is 0.255 e. The normalized spacial score (nSPS) is 15.1. The molecule has 0 saturated heterocycles. The topological polar surface area (TPSA) is 91.6 Å². The van der Waals surface area contributed by atoms with Crippen LogP contribution >= 0.6 is 0 Å². The summed E-state index contributed by atoms with van der Waals surface area (Å²) in [6.45, 7) is 1.65. The molecule has 66 valence electrons. The average molecular weight is 187 g/mol. The van der Waals surface area contributed by atoms with Gasteiger partial charge in [0.2, 0.25) is 0 Å². The van der Waals surface area contributed by atoms with Gasteiger partial charge in [-0.15, -0.1) is 5.10 Å². The van der Waals surface area contributed by atoms with Gasteiger partial charge in [0.05, 0.1) is 12.4 Å². The molecule has 1 heterocycles. The number of nitrogens with zero attached hydrogens (tertiary/aromatic N) is 3. The summed E-state index contributed by atoms with van der Waals surface area (Å²) in [5.41, 5.74) is 0. The predicted octanol–water partition coefficient (Wildman–Crippen LogP) is 0.265. The third kappa shape index (κ3) is 2.42. The van der Waals surface area contributed by atoms with E-state index in [1.54, 1.807) is 6.92 Å². The van der Waals surface area contributed by atoms with Gasteiger partial charge in [-0.25, -0.2) is 14.0 Å². The third-order valence-electron chi connectivity index (χ3n) is 1.15. The molecule has 12 heavy (non-hydrogen) atoms. The van der Waals surface area contributed by atoms with Gasteiger partial charge < -0.3 is 0 Å². The molecule has 7 heteroatoms. The monoisotopic (exact) mass is 187 g/mol. The summed E-state index contributed by atoms with van der Waals surface area (Å²) < 4.78 is 20.8. The Morgan fingerprint density at radius 1 is 1.67 bits per heavy atom. The Labute approximate surface area is 70.5 Å². The first kappa shape index (κ1) is 8.85. The summed E-state index contributed by atoms with van der Waals surface area (Å²) in [4.78, 5) is 3.73. The molecule has 0 radical (unpaired) electrons. The van der Waals surface area contributed by atoms with Crippen molar-refractivity contribution in [2.75, 3.05) is 10.5 Å². The molecule has 1 atom stereocenters. The van der Waals surface area contributed by atoms with E-state index in [4.69, 9.17) is 4.78 Å². The van der Waals surface area contributed by atoms with Gasteiger partial charge in [0.1, 0.15) is 9.92 Å². The fourth-order valence-corrected chi connectivity index (χ4v) is 1.05. The molecule has 1 aromatic heterocycles. The van der Waals surface area contributed by atoms with Crippen molar-refractivity contribution < 1.29 is 4.21 Å². The zero-order valence-electron chi connectivity index (χ0n) is 6.52. The van der Waals surface area contributed by atoms with E-state index in [9.17, 15) is 4.21 Å². The largest absolute Gasteiger partial charge is 0.266 e. The first-order valence-corrected chi connectivity index (χ1v) is 5.04. The highest BCUT2D eigenvalue weighted by Gasteiger charge is 2.03. The Hall–Kier alpha value is -1.24. The first-order chi connectivity index (χ1) is 5.64. The van der Waals surface area contributed by atoms with Crippen LogP contribution in [0.5, 0.6) is 0 Å². The summed E-state index contributed by atoms with van der Waals surface area (Å²) in [6, 6.07) is 0. The second-order valence-corrected chi connectivity index (χ2v) is 4.16. The van der Waals surface area contributed by atoms with Crippen molar-refractivity contribution in [2.24, 2.45) is 0 Å². The molecule has 1 aromatic rings. The number of hydrogen-bond donors (Lipinski definition) is 2. The van der Waals surface area contributed by atoms with E-state index in [1.165, 1.54) is 12.4 Å². The number of aromatic nitrogens is 3. The second kappa shape index (κ2) is 3.44. The lowest BCUT2D eigenvalue weighted by Gasteiger charge is -2.04. The molecule has 0 amide bonds. The number of hydrogen-bond acceptors (Lipinski definition) is 5. The number of anilines is 1. The van der Waals surface area contributed by atoms with Crippen molar-refractivity contribution in [3.05, 3.63) is 12.4 Å². The molecule has 0 bridgehead atoms. The molecule has 0 aliphatic heterocycles. The molecule has 0 aliphatic carbocycles. The molecule has 1 unspecified atom stereocenters. The van der Waals surface area contributed by atoms with E-state index in [-0.39, 0.29) is 11.7 Å². The van der Waals surface area contributed by atoms with E-state index in [0.29, 0.717) is 0 Å². The van der Waals surface area contributed by atoms with Crippen molar-refractivity contribution in [3.63, 3.8) is 0 Å². The number of nitrogens with one attached hydrogen (secondary N) is 2. The minimum Gasteiger partial charge on any atom is -0.266 e. The van der Waals surface area contributed by atoms with Crippen molar-refractivity contribution in [3.8, 4) is 0 Å². The van der Waals surface area contributed by atoms with Crippen LogP contribution in [0.1, 0.15) is 6.92 Å². The highest BCUT2D eigenvalue weighted by atomic mass is 32.2. The summed E-state index contributed by atoms with van der Waals surface area (Å²) in [6.07, 6.45) is 2.82. The van der Waals surface area contributed by atoms with E-state index < -0.39 is 9.92 Å². The van der Waals surface area contributed by atoms with Gasteiger partial charge in [-0.05, 0) is 0 Å². The van der Waals surface area contributed by atoms with Gasteiger partial charge in [0.15, 0.2) is 0 Å². The molecule has 2 N–H and O–H groups in total. The Balaban J connectivity index is 2.78. The van der Waals surface area contributed by atoms with E-state index in [1.807, 2.05) is 0 Å². The van der Waals surface area contributed by atoms with Gasteiger partial charge in [-0.1, -0.05) is 6.92 Å². The molecular weight excluding hydrogens is 178 g/mol. The van der Waals surface area contributed by atoms with Gasteiger partial charge in [-0.2, -0.15) is 5.10 Å². The molecule has 1 rings (SSSR count). The van der Waals surface area contributed by atoms with Gasteiger partial charge in [-0.3, -0.25) is 4.72 Å². The predicted molar refractivity (Wildman–Crippen MR) is 44.9 cm³/mol. The van der Waals surface area contributed by atoms with Gasteiger partial charge in [0.25, 0.3) is 5.95 Å². The SMILES string of the molecule is CCS(=N)(=O)Nc1nccnn1. The fraction of sp³-hybridized carbons (Fsp3) is 0.400. The zero-order chi connectivity index (χ0) is 9.03. The average Bonchev–Trinajstić information content (AvgIpc) is 2.06. The van der Waals surface area contributed by atoms with Crippen molar-refractivity contribution >= 4 is 15.9 Å². The summed E-state index contributed by atoms with van der Waals surface area (Å²) in [5.74, 6) is 0.338. The van der Waals surface area contributed by atoms with Crippen LogP contribution in [0.25, 0.3) is 0 Å².